The van der Waals surface area contributed by atoms with Crippen LogP contribution < -0.4 is 11.1 Å². The van der Waals surface area contributed by atoms with Crippen molar-refractivity contribution in [2.24, 2.45) is 0 Å². The molecular weight excluding hydrogens is 349 g/mol. The number of carbonyl (C=O) groups is 1. The number of fused-ring (bicyclic) bond motifs is 1. The lowest BCUT2D eigenvalue weighted by atomic mass is 10.1. The van der Waals surface area contributed by atoms with E-state index >= 15 is 0 Å². The van der Waals surface area contributed by atoms with E-state index in [9.17, 15) is 18.0 Å². The minimum absolute atomic E-state index is 0.0531. The molecule has 136 valence electrons. The number of hydrogen-bond acceptors (Lipinski definition) is 5. The molecule has 0 bridgehead atoms. The number of amides is 1. The van der Waals surface area contributed by atoms with Crippen LogP contribution >= 0.6 is 0 Å². The maximum Gasteiger partial charge on any atom is 0.416 e. The first-order chi connectivity index (χ1) is 12.2. The third-order valence-electron chi connectivity index (χ3n) is 4.08. The molecule has 2 heterocycles. The molecule has 26 heavy (non-hydrogen) atoms. The molecule has 0 saturated heterocycles. The maximum atomic E-state index is 13.0. The van der Waals surface area contributed by atoms with E-state index in [4.69, 9.17) is 5.73 Å². The number of anilines is 2. The van der Waals surface area contributed by atoms with Crippen LogP contribution in [0, 0.1) is 6.92 Å². The van der Waals surface area contributed by atoms with Crippen molar-refractivity contribution in [1.82, 2.24) is 19.5 Å². The number of imidazole rings is 1. The number of carbonyl (C=O) groups excluding carboxylic acids is 1. The minimum atomic E-state index is -4.49. The molecule has 0 aliphatic heterocycles. The molecule has 1 unspecified atom stereocenters. The average molecular weight is 364 g/mol. The average Bonchev–Trinajstić information content (AvgIpc) is 3.00. The molecule has 3 aromatic rings. The standard InChI is InChI=1S/C16H15F3N6O/c1-8-10(16(17,18)19)4-3-5-11(8)24-15(26)9(2)25-7-23-12-13(20)21-6-22-14(12)25/h3-7,9H,1-2H3,(H,24,26)(H2,20,21,22). The Bertz CT molecular complexity index is 982. The van der Waals surface area contributed by atoms with Crippen LogP contribution in [0.25, 0.3) is 11.2 Å². The van der Waals surface area contributed by atoms with Crippen LogP contribution in [0.15, 0.2) is 30.9 Å². The van der Waals surface area contributed by atoms with E-state index in [1.165, 1.54) is 36.3 Å². The number of rotatable bonds is 3. The quantitative estimate of drug-likeness (QED) is 0.744. The van der Waals surface area contributed by atoms with Crippen molar-refractivity contribution < 1.29 is 18.0 Å². The number of nitrogens with two attached hydrogens (primary N) is 1. The molecule has 0 saturated carbocycles. The van der Waals surface area contributed by atoms with Crippen LogP contribution in [0.2, 0.25) is 0 Å². The van der Waals surface area contributed by atoms with Crippen molar-refractivity contribution in [3.8, 4) is 0 Å². The Morgan fingerprint density at radius 3 is 2.69 bits per heavy atom. The summed E-state index contributed by atoms with van der Waals surface area (Å²) in [5.41, 5.74) is 5.67. The van der Waals surface area contributed by atoms with Crippen molar-refractivity contribution in [2.45, 2.75) is 26.1 Å². The zero-order chi connectivity index (χ0) is 19.1. The Balaban J connectivity index is 1.90. The predicted octanol–water partition coefficient (Wildman–Crippen LogP) is 2.94. The minimum Gasteiger partial charge on any atom is -0.382 e. The maximum absolute atomic E-state index is 13.0. The molecule has 0 radical (unpaired) electrons. The molecule has 0 spiro atoms. The largest absolute Gasteiger partial charge is 0.416 e. The van der Waals surface area contributed by atoms with Gasteiger partial charge in [-0.3, -0.25) is 4.79 Å². The van der Waals surface area contributed by atoms with E-state index in [1.807, 2.05) is 0 Å². The van der Waals surface area contributed by atoms with Gasteiger partial charge in [-0.2, -0.15) is 13.2 Å². The zero-order valence-electron chi connectivity index (χ0n) is 13.9. The van der Waals surface area contributed by atoms with Gasteiger partial charge in [0.1, 0.15) is 17.9 Å². The van der Waals surface area contributed by atoms with Crippen molar-refractivity contribution in [3.63, 3.8) is 0 Å². The molecule has 3 N–H and O–H groups in total. The first-order valence-corrected chi connectivity index (χ1v) is 7.61. The summed E-state index contributed by atoms with van der Waals surface area (Å²) >= 11 is 0. The van der Waals surface area contributed by atoms with Crippen molar-refractivity contribution in [1.29, 1.82) is 0 Å². The highest BCUT2D eigenvalue weighted by atomic mass is 19.4. The van der Waals surface area contributed by atoms with E-state index in [0.29, 0.717) is 11.2 Å². The first-order valence-electron chi connectivity index (χ1n) is 7.61. The van der Waals surface area contributed by atoms with Gasteiger partial charge in [0, 0.05) is 5.69 Å². The second kappa shape index (κ2) is 6.28. The molecule has 0 aliphatic rings. The molecular formula is C16H15F3N6O. The van der Waals surface area contributed by atoms with E-state index in [2.05, 4.69) is 20.3 Å². The molecule has 7 nitrogen and oxygen atoms in total. The van der Waals surface area contributed by atoms with Gasteiger partial charge >= 0.3 is 6.18 Å². The van der Waals surface area contributed by atoms with Gasteiger partial charge in [-0.05, 0) is 31.5 Å². The summed E-state index contributed by atoms with van der Waals surface area (Å²) in [6.45, 7) is 2.89. The zero-order valence-corrected chi connectivity index (χ0v) is 13.9. The second-order valence-electron chi connectivity index (χ2n) is 5.72. The fourth-order valence-electron chi connectivity index (χ4n) is 2.60. The van der Waals surface area contributed by atoms with Gasteiger partial charge in [0.25, 0.3) is 0 Å². The lowest BCUT2D eigenvalue weighted by molar-refractivity contribution is -0.138. The van der Waals surface area contributed by atoms with Crippen LogP contribution in [0.4, 0.5) is 24.7 Å². The number of halogens is 3. The van der Waals surface area contributed by atoms with E-state index in [1.54, 1.807) is 6.92 Å². The van der Waals surface area contributed by atoms with Gasteiger partial charge < -0.3 is 15.6 Å². The van der Waals surface area contributed by atoms with Crippen LogP contribution in [0.1, 0.15) is 24.1 Å². The summed E-state index contributed by atoms with van der Waals surface area (Å²) < 4.78 is 40.5. The van der Waals surface area contributed by atoms with Gasteiger partial charge in [0.2, 0.25) is 5.91 Å². The molecule has 0 aliphatic carbocycles. The van der Waals surface area contributed by atoms with Gasteiger partial charge in [-0.25, -0.2) is 15.0 Å². The van der Waals surface area contributed by atoms with Crippen LogP contribution in [-0.4, -0.2) is 25.4 Å². The predicted molar refractivity (Wildman–Crippen MR) is 89.3 cm³/mol. The highest BCUT2D eigenvalue weighted by Crippen LogP contribution is 2.34. The molecule has 10 heteroatoms. The third kappa shape index (κ3) is 3.05. The molecule has 0 fully saturated rings. The van der Waals surface area contributed by atoms with Gasteiger partial charge in [-0.1, -0.05) is 6.07 Å². The monoisotopic (exact) mass is 364 g/mol. The summed E-state index contributed by atoms with van der Waals surface area (Å²) in [7, 11) is 0. The Kier molecular flexibility index (Phi) is 4.26. The Labute approximate surface area is 146 Å². The summed E-state index contributed by atoms with van der Waals surface area (Å²) in [5.74, 6) is -0.334. The number of nitrogens with one attached hydrogen (secondary N) is 1. The first kappa shape index (κ1) is 17.6. The lowest BCUT2D eigenvalue weighted by Gasteiger charge is -2.17. The fraction of sp³-hybridized carbons (Fsp3) is 0.250. The second-order valence-corrected chi connectivity index (χ2v) is 5.72. The number of alkyl halides is 3. The number of benzene rings is 1. The Hall–Kier alpha value is -3.17. The van der Waals surface area contributed by atoms with Crippen molar-refractivity contribution >= 4 is 28.6 Å². The molecule has 2 aromatic heterocycles. The molecule has 1 amide bonds. The smallest absolute Gasteiger partial charge is 0.382 e. The van der Waals surface area contributed by atoms with Crippen LogP contribution in [-0.2, 0) is 11.0 Å². The molecule has 1 aromatic carbocycles. The summed E-state index contributed by atoms with van der Waals surface area (Å²) in [5, 5.41) is 2.53. The van der Waals surface area contributed by atoms with Gasteiger partial charge in [0.05, 0.1) is 11.9 Å². The van der Waals surface area contributed by atoms with Gasteiger partial charge in [0.15, 0.2) is 11.5 Å². The molecule has 1 atom stereocenters. The number of nitrogens with zero attached hydrogens (tertiary/aromatic N) is 4. The topological polar surface area (TPSA) is 98.7 Å². The highest BCUT2D eigenvalue weighted by Gasteiger charge is 2.33. The normalized spacial score (nSPS) is 13.0. The van der Waals surface area contributed by atoms with E-state index in [-0.39, 0.29) is 17.1 Å². The summed E-state index contributed by atoms with van der Waals surface area (Å²) in [6.07, 6.45) is -1.86. The fourth-order valence-corrected chi connectivity index (χ4v) is 2.60. The van der Waals surface area contributed by atoms with E-state index < -0.39 is 23.7 Å². The SMILES string of the molecule is Cc1c(NC(=O)C(C)n2cnc3c(N)ncnc32)cccc1C(F)(F)F. The number of aromatic nitrogens is 4. The van der Waals surface area contributed by atoms with Crippen LogP contribution in [0.3, 0.4) is 0 Å². The van der Waals surface area contributed by atoms with E-state index in [0.717, 1.165) is 6.07 Å². The van der Waals surface area contributed by atoms with Crippen LogP contribution in [0.5, 0.6) is 0 Å². The lowest BCUT2D eigenvalue weighted by Crippen LogP contribution is -2.24. The number of nitrogen functional groups attached to an aromatic ring is 1. The summed E-state index contributed by atoms with van der Waals surface area (Å²) in [6, 6.07) is 2.86. The summed E-state index contributed by atoms with van der Waals surface area (Å²) in [4.78, 5) is 24.5. The van der Waals surface area contributed by atoms with Crippen molar-refractivity contribution in [2.75, 3.05) is 11.1 Å². The van der Waals surface area contributed by atoms with Gasteiger partial charge in [-0.15, -0.1) is 0 Å². The Morgan fingerprint density at radius 2 is 2.00 bits per heavy atom. The Morgan fingerprint density at radius 1 is 1.27 bits per heavy atom. The third-order valence-corrected chi connectivity index (χ3v) is 4.08. The number of hydrogen-bond donors (Lipinski definition) is 2. The molecule has 3 rings (SSSR count). The van der Waals surface area contributed by atoms with Crippen molar-refractivity contribution in [3.05, 3.63) is 42.0 Å². The highest BCUT2D eigenvalue weighted by molar-refractivity contribution is 5.95.